The number of carbonyl (C=O) groups excluding carboxylic acids is 5. The predicted octanol–water partition coefficient (Wildman–Crippen LogP) is 2.60. The monoisotopic (exact) mass is 729 g/mol. The van der Waals surface area contributed by atoms with Gasteiger partial charge < -0.3 is 54.2 Å². The number of hydrogen-bond donors (Lipinski definition) is 5. The summed E-state index contributed by atoms with van der Waals surface area (Å²) in [7, 11) is 1.26. The van der Waals surface area contributed by atoms with Crippen LogP contribution in [0.25, 0.3) is 0 Å². The summed E-state index contributed by atoms with van der Waals surface area (Å²) in [5, 5.41) is 46.8. The van der Waals surface area contributed by atoms with E-state index in [0.717, 1.165) is 0 Å². The van der Waals surface area contributed by atoms with Gasteiger partial charge in [0, 0.05) is 36.0 Å². The highest BCUT2D eigenvalue weighted by Gasteiger charge is 2.52. The minimum atomic E-state index is -3.18. The van der Waals surface area contributed by atoms with E-state index in [0.29, 0.717) is 0 Å². The average Bonchev–Trinajstić information content (AvgIpc) is 3.10. The fourth-order valence-electron chi connectivity index (χ4n) is 6.67. The van der Waals surface area contributed by atoms with Gasteiger partial charge in [0.2, 0.25) is 11.6 Å². The number of hydrogen-bond acceptors (Lipinski definition) is 15. The highest BCUT2D eigenvalue weighted by molar-refractivity contribution is 6.31. The molecule has 2 aromatic carbocycles. The number of aliphatic hydroxyl groups is 2. The van der Waals surface area contributed by atoms with E-state index in [9.17, 15) is 48.8 Å². The predicted molar refractivity (Wildman–Crippen MR) is 173 cm³/mol. The molecule has 1 unspecified atom stereocenters. The zero-order chi connectivity index (χ0) is 38.1. The number of fused-ring (bicyclic) bond motifs is 3. The molecule has 0 bridgehead atoms. The number of benzene rings is 2. The van der Waals surface area contributed by atoms with Crippen LogP contribution in [0, 0.1) is 0 Å². The Hall–Kier alpha value is -5.36. The van der Waals surface area contributed by atoms with E-state index < -0.39 is 113 Å². The topological polar surface area (TPSA) is 234 Å². The quantitative estimate of drug-likeness (QED) is 0.108. The molecule has 0 spiro atoms. The number of phenolic OH excluding ortho intramolecular Hbond substituents is 2. The van der Waals surface area contributed by atoms with Crippen LogP contribution in [-0.4, -0.2) is 107 Å². The van der Waals surface area contributed by atoms with Gasteiger partial charge in [0.05, 0.1) is 42.0 Å². The maximum Gasteiger partial charge on any atom is 0.509 e. The summed E-state index contributed by atoms with van der Waals surface area (Å²) in [4.78, 5) is 65.4. The fraction of sp³-hybridized carbons (Fsp3) is 0.400. The third-order valence-corrected chi connectivity index (χ3v) is 8.93. The third-order valence-electron chi connectivity index (χ3n) is 8.93. The van der Waals surface area contributed by atoms with E-state index in [1.54, 1.807) is 0 Å². The smallest absolute Gasteiger partial charge is 0.507 e. The number of phenols is 2. The molecular formula is C35H36FNO15. The second-order valence-corrected chi connectivity index (χ2v) is 12.2. The van der Waals surface area contributed by atoms with Crippen LogP contribution in [0.3, 0.4) is 0 Å². The molecule has 5 rings (SSSR count). The molecular weight excluding hydrogens is 693 g/mol. The SMILES string of the molecule is C=CCOC(=O)N[C@H]1C[C@H](O[C@H]2C[C@](O)(C(=O)C(O)F)Cc3c(O)c4c(c(O)c32)C(=O)c2c(OC)cccc2C4=O)O[C@@H](C)[C@H]1OC(=O)OCC=C. The Morgan fingerprint density at radius 2 is 1.75 bits per heavy atom. The van der Waals surface area contributed by atoms with E-state index >= 15 is 0 Å². The van der Waals surface area contributed by atoms with Crippen LogP contribution in [0.2, 0.25) is 0 Å². The molecule has 278 valence electrons. The number of alkyl carbamates (subject to hydrolysis) is 1. The number of nitrogens with one attached hydrogen (secondary N) is 1. The van der Waals surface area contributed by atoms with Crippen molar-refractivity contribution in [2.45, 2.75) is 68.8 Å². The highest BCUT2D eigenvalue weighted by atomic mass is 19.1. The third kappa shape index (κ3) is 6.94. The van der Waals surface area contributed by atoms with Crippen molar-refractivity contribution in [2.75, 3.05) is 20.3 Å². The summed E-state index contributed by atoms with van der Waals surface area (Å²) in [6.07, 6.45) is -10.1. The van der Waals surface area contributed by atoms with Crippen LogP contribution in [0.4, 0.5) is 14.0 Å². The van der Waals surface area contributed by atoms with Gasteiger partial charge in [-0.25, -0.2) is 14.0 Å². The van der Waals surface area contributed by atoms with Gasteiger partial charge in [0.15, 0.2) is 18.2 Å². The minimum Gasteiger partial charge on any atom is -0.507 e. The lowest BCUT2D eigenvalue weighted by Crippen LogP contribution is -2.57. The molecule has 1 aliphatic heterocycles. The van der Waals surface area contributed by atoms with Crippen LogP contribution in [-0.2, 0) is 34.9 Å². The Balaban J connectivity index is 1.57. The normalized spacial score (nSPS) is 25.4. The minimum absolute atomic E-state index is 0.00251. The summed E-state index contributed by atoms with van der Waals surface area (Å²) in [5.41, 5.74) is -5.21. The molecule has 1 amide bonds. The summed E-state index contributed by atoms with van der Waals surface area (Å²) in [6.45, 7) is 8.01. The van der Waals surface area contributed by atoms with E-state index in [4.69, 9.17) is 28.4 Å². The van der Waals surface area contributed by atoms with Crippen molar-refractivity contribution in [3.63, 3.8) is 0 Å². The number of carbonyl (C=O) groups is 5. The van der Waals surface area contributed by atoms with E-state index in [1.165, 1.54) is 44.4 Å². The largest absolute Gasteiger partial charge is 0.509 e. The second kappa shape index (κ2) is 15.1. The Morgan fingerprint density at radius 1 is 1.08 bits per heavy atom. The van der Waals surface area contributed by atoms with Crippen LogP contribution in [0.5, 0.6) is 17.2 Å². The molecule has 16 nitrogen and oxygen atoms in total. The van der Waals surface area contributed by atoms with Gasteiger partial charge in [0.1, 0.15) is 36.1 Å². The molecule has 0 saturated carbocycles. The lowest BCUT2D eigenvalue weighted by Gasteiger charge is -2.43. The number of aromatic hydroxyl groups is 2. The molecule has 52 heavy (non-hydrogen) atoms. The number of ether oxygens (including phenoxy) is 6. The first kappa shape index (κ1) is 37.9. The van der Waals surface area contributed by atoms with Crippen molar-refractivity contribution in [3.8, 4) is 17.2 Å². The number of rotatable bonds is 11. The van der Waals surface area contributed by atoms with Crippen molar-refractivity contribution in [2.24, 2.45) is 0 Å². The molecule has 1 saturated heterocycles. The number of aliphatic hydroxyl groups excluding tert-OH is 1. The first-order valence-electron chi connectivity index (χ1n) is 15.9. The number of halogens is 1. The maximum atomic E-state index is 14.1. The molecule has 2 aliphatic carbocycles. The Morgan fingerprint density at radius 3 is 2.40 bits per heavy atom. The lowest BCUT2D eigenvalue weighted by atomic mass is 9.71. The van der Waals surface area contributed by atoms with Gasteiger partial charge >= 0.3 is 12.2 Å². The zero-order valence-electron chi connectivity index (χ0n) is 28.0. The molecule has 3 aliphatic rings. The van der Waals surface area contributed by atoms with Crippen molar-refractivity contribution >= 4 is 29.6 Å². The van der Waals surface area contributed by atoms with Gasteiger partial charge in [-0.05, 0) is 13.0 Å². The molecule has 5 N–H and O–H groups in total. The second-order valence-electron chi connectivity index (χ2n) is 12.2. The highest BCUT2D eigenvalue weighted by Crippen LogP contribution is 2.52. The fourth-order valence-corrected chi connectivity index (χ4v) is 6.67. The van der Waals surface area contributed by atoms with Crippen molar-refractivity contribution < 1.29 is 77.2 Å². The van der Waals surface area contributed by atoms with Crippen LogP contribution >= 0.6 is 0 Å². The molecule has 1 heterocycles. The van der Waals surface area contributed by atoms with Gasteiger partial charge in [-0.15, -0.1) is 0 Å². The summed E-state index contributed by atoms with van der Waals surface area (Å²) >= 11 is 0. The Labute approximate surface area is 295 Å². The van der Waals surface area contributed by atoms with Gasteiger partial charge in [-0.3, -0.25) is 14.4 Å². The van der Waals surface area contributed by atoms with E-state index in [-0.39, 0.29) is 42.1 Å². The molecule has 0 radical (unpaired) electrons. The summed E-state index contributed by atoms with van der Waals surface area (Å²) < 4.78 is 46.7. The molecule has 0 aromatic heterocycles. The van der Waals surface area contributed by atoms with Crippen molar-refractivity contribution in [1.82, 2.24) is 5.32 Å². The molecule has 2 aromatic rings. The standard InChI is InChI=1S/C35H36FNO15/c1-5-10-48-33(44)37-18-12-21(50-15(3)30(18)52-34(45)49-11-6-2)51-20-14-35(46,31(42)32(36)43)13-17-23(20)29(41)25-24(27(17)39)26(38)16-8-7-9-19(47-4)22(16)28(25)40/h5-9,15,18,20-21,30,32,39,41,43,46H,1-2,10-14H2,3-4H3,(H,37,44)/t15-,18-,20-,21-,30+,32?,35-/m0/s1. The van der Waals surface area contributed by atoms with Crippen molar-refractivity contribution in [1.29, 1.82) is 0 Å². The molecule has 17 heteroatoms. The van der Waals surface area contributed by atoms with Crippen molar-refractivity contribution in [3.05, 3.63) is 76.9 Å². The van der Waals surface area contributed by atoms with Crippen LogP contribution in [0.15, 0.2) is 43.5 Å². The molecule has 7 atom stereocenters. The van der Waals surface area contributed by atoms with Crippen LogP contribution in [0.1, 0.15) is 68.8 Å². The number of Topliss-reactive ketones (excluding diaryl/α,β-unsaturated/α-hetero) is 1. The maximum absolute atomic E-state index is 14.1. The van der Waals surface area contributed by atoms with Gasteiger partial charge in [0.25, 0.3) is 6.36 Å². The molecule has 1 fully saturated rings. The number of methoxy groups -OCH3 is 1. The van der Waals surface area contributed by atoms with Crippen LogP contribution < -0.4 is 10.1 Å². The van der Waals surface area contributed by atoms with E-state index in [2.05, 4.69) is 18.5 Å². The number of amides is 1. The van der Waals surface area contributed by atoms with E-state index in [1.807, 2.05) is 0 Å². The average molecular weight is 730 g/mol. The summed E-state index contributed by atoms with van der Waals surface area (Å²) in [5.74, 6) is -5.27. The number of ketones is 3. The lowest BCUT2D eigenvalue weighted by molar-refractivity contribution is -0.250. The first-order chi connectivity index (χ1) is 24.7. The number of alkyl halides is 1. The Bertz CT molecular complexity index is 1830. The Kier molecular flexibility index (Phi) is 11.0. The zero-order valence-corrected chi connectivity index (χ0v) is 28.0. The summed E-state index contributed by atoms with van der Waals surface area (Å²) in [6, 6.07) is 3.04. The van der Waals surface area contributed by atoms with Gasteiger partial charge in [-0.2, -0.15) is 0 Å². The first-order valence-corrected chi connectivity index (χ1v) is 15.9. The van der Waals surface area contributed by atoms with Gasteiger partial charge in [-0.1, -0.05) is 37.4 Å².